The van der Waals surface area contributed by atoms with Gasteiger partial charge in [0.1, 0.15) is 5.82 Å². The third kappa shape index (κ3) is 5.10. The fourth-order valence-electron chi connectivity index (χ4n) is 2.91. The molecule has 0 fully saturated rings. The number of rotatable bonds is 7. The van der Waals surface area contributed by atoms with E-state index in [-0.39, 0.29) is 23.5 Å². The van der Waals surface area contributed by atoms with Crippen LogP contribution < -0.4 is 5.48 Å². The second kappa shape index (κ2) is 9.17. The Kier molecular flexibility index (Phi) is 6.61. The molecular weight excluding hydrogens is 407 g/mol. The van der Waals surface area contributed by atoms with Crippen LogP contribution in [0.15, 0.2) is 77.7 Å². The summed E-state index contributed by atoms with van der Waals surface area (Å²) in [4.78, 5) is 11.6. The predicted octanol–water partition coefficient (Wildman–Crippen LogP) is 3.64. The van der Waals surface area contributed by atoms with Crippen LogP contribution in [-0.4, -0.2) is 23.8 Å². The largest absolute Gasteiger partial charge is 0.288 e. The summed E-state index contributed by atoms with van der Waals surface area (Å²) in [6, 6.07) is 18.4. The van der Waals surface area contributed by atoms with Gasteiger partial charge in [-0.25, -0.2) is 18.3 Å². The first-order valence-corrected chi connectivity index (χ1v) is 10.6. The quantitative estimate of drug-likeness (QED) is 0.444. The maximum absolute atomic E-state index is 13.3. The number of sulfonamides is 1. The fourth-order valence-corrected chi connectivity index (χ4v) is 4.32. The molecule has 1 amide bonds. The molecule has 8 heteroatoms. The van der Waals surface area contributed by atoms with Gasteiger partial charge in [-0.15, -0.1) is 0 Å². The zero-order valence-electron chi connectivity index (χ0n) is 16.2. The molecule has 30 heavy (non-hydrogen) atoms. The molecule has 0 unspecified atom stereocenters. The van der Waals surface area contributed by atoms with Crippen molar-refractivity contribution in [3.05, 3.63) is 101 Å². The van der Waals surface area contributed by atoms with E-state index in [0.717, 1.165) is 5.56 Å². The summed E-state index contributed by atoms with van der Waals surface area (Å²) >= 11 is 0. The number of halogens is 1. The molecule has 0 aliphatic carbocycles. The van der Waals surface area contributed by atoms with E-state index in [1.807, 2.05) is 6.92 Å². The second-order valence-electron chi connectivity index (χ2n) is 6.85. The molecule has 6 nitrogen and oxygen atoms in total. The molecule has 0 aliphatic heterocycles. The number of benzene rings is 3. The fraction of sp³-hybridized carbons (Fsp3) is 0.136. The Morgan fingerprint density at radius 1 is 0.900 bits per heavy atom. The molecule has 3 rings (SSSR count). The van der Waals surface area contributed by atoms with E-state index >= 15 is 0 Å². The minimum atomic E-state index is -3.84. The average Bonchev–Trinajstić information content (AvgIpc) is 2.75. The van der Waals surface area contributed by atoms with Gasteiger partial charge in [0.25, 0.3) is 5.91 Å². The van der Waals surface area contributed by atoms with Crippen molar-refractivity contribution in [3.8, 4) is 0 Å². The molecule has 0 atom stereocenters. The highest BCUT2D eigenvalue weighted by Crippen LogP contribution is 2.22. The highest BCUT2D eigenvalue weighted by atomic mass is 32.2. The molecule has 2 N–H and O–H groups in total. The zero-order chi connectivity index (χ0) is 21.7. The SMILES string of the molecule is Cc1ccc(S(=O)(=O)N(Cc2ccc(F)cc2)Cc2ccc(C(=O)NO)cc2)cc1. The summed E-state index contributed by atoms with van der Waals surface area (Å²) in [5, 5.41) is 8.72. The van der Waals surface area contributed by atoms with Gasteiger partial charge in [0, 0.05) is 18.7 Å². The number of hydrogen-bond donors (Lipinski definition) is 2. The lowest BCUT2D eigenvalue weighted by atomic mass is 10.1. The molecule has 0 spiro atoms. The first-order chi connectivity index (χ1) is 14.3. The van der Waals surface area contributed by atoms with Crippen molar-refractivity contribution < 1.29 is 22.8 Å². The molecule has 0 bridgehead atoms. The van der Waals surface area contributed by atoms with Gasteiger partial charge in [-0.05, 0) is 54.4 Å². The summed E-state index contributed by atoms with van der Waals surface area (Å²) in [5.41, 5.74) is 4.03. The lowest BCUT2D eigenvalue weighted by Crippen LogP contribution is -2.30. The van der Waals surface area contributed by atoms with E-state index in [1.54, 1.807) is 54.0 Å². The average molecular weight is 428 g/mol. The van der Waals surface area contributed by atoms with Crippen molar-refractivity contribution in [1.82, 2.24) is 9.79 Å². The Hall–Kier alpha value is -3.07. The van der Waals surface area contributed by atoms with Crippen LogP contribution in [0.4, 0.5) is 4.39 Å². The van der Waals surface area contributed by atoms with Gasteiger partial charge >= 0.3 is 0 Å². The molecule has 0 aliphatic rings. The molecule has 0 radical (unpaired) electrons. The number of aryl methyl sites for hydroxylation is 1. The lowest BCUT2D eigenvalue weighted by Gasteiger charge is -2.23. The normalized spacial score (nSPS) is 11.5. The van der Waals surface area contributed by atoms with Gasteiger partial charge in [0.05, 0.1) is 4.90 Å². The highest BCUT2D eigenvalue weighted by Gasteiger charge is 2.25. The Balaban J connectivity index is 1.93. The molecule has 0 saturated carbocycles. The Morgan fingerprint density at radius 2 is 1.40 bits per heavy atom. The first kappa shape index (κ1) is 21.6. The van der Waals surface area contributed by atoms with Crippen LogP contribution in [0.3, 0.4) is 0 Å². The Morgan fingerprint density at radius 3 is 1.90 bits per heavy atom. The summed E-state index contributed by atoms with van der Waals surface area (Å²) in [6.45, 7) is 1.97. The second-order valence-corrected chi connectivity index (χ2v) is 8.79. The van der Waals surface area contributed by atoms with E-state index in [0.29, 0.717) is 11.1 Å². The van der Waals surface area contributed by atoms with Crippen LogP contribution in [0.5, 0.6) is 0 Å². The van der Waals surface area contributed by atoms with Gasteiger partial charge < -0.3 is 0 Å². The predicted molar refractivity (Wildman–Crippen MR) is 110 cm³/mol. The minimum Gasteiger partial charge on any atom is -0.288 e. The van der Waals surface area contributed by atoms with Crippen LogP contribution in [0, 0.1) is 12.7 Å². The summed E-state index contributed by atoms with van der Waals surface area (Å²) < 4.78 is 41.1. The van der Waals surface area contributed by atoms with E-state index in [9.17, 15) is 17.6 Å². The Labute approximate surface area is 174 Å². The van der Waals surface area contributed by atoms with Crippen molar-refractivity contribution in [2.24, 2.45) is 0 Å². The Bertz CT molecular complexity index is 1110. The van der Waals surface area contributed by atoms with Gasteiger partial charge in [0.15, 0.2) is 0 Å². The molecule has 0 heterocycles. The minimum absolute atomic E-state index is 0.0502. The van der Waals surface area contributed by atoms with Crippen molar-refractivity contribution >= 4 is 15.9 Å². The van der Waals surface area contributed by atoms with Crippen molar-refractivity contribution in [2.75, 3.05) is 0 Å². The van der Waals surface area contributed by atoms with Crippen molar-refractivity contribution in [1.29, 1.82) is 0 Å². The molecule has 156 valence electrons. The summed E-state index contributed by atoms with van der Waals surface area (Å²) in [7, 11) is -3.84. The number of nitrogens with one attached hydrogen (secondary N) is 1. The van der Waals surface area contributed by atoms with Gasteiger partial charge in [-0.2, -0.15) is 4.31 Å². The van der Waals surface area contributed by atoms with Crippen LogP contribution in [0.1, 0.15) is 27.0 Å². The standard InChI is InChI=1S/C22H21FN2O4S/c1-16-2-12-21(13-3-16)30(28,29)25(15-18-6-10-20(23)11-7-18)14-17-4-8-19(9-5-17)22(26)24-27/h2-13,27H,14-15H2,1H3,(H,24,26). The van der Waals surface area contributed by atoms with E-state index in [2.05, 4.69) is 0 Å². The third-order valence-corrected chi connectivity index (χ3v) is 6.41. The van der Waals surface area contributed by atoms with Crippen molar-refractivity contribution in [3.63, 3.8) is 0 Å². The van der Waals surface area contributed by atoms with E-state index < -0.39 is 21.7 Å². The lowest BCUT2D eigenvalue weighted by molar-refractivity contribution is 0.0706. The number of carbonyl (C=O) groups excluding carboxylic acids is 1. The molecule has 3 aromatic carbocycles. The number of carbonyl (C=O) groups is 1. The van der Waals surface area contributed by atoms with Crippen LogP contribution in [0.25, 0.3) is 0 Å². The van der Waals surface area contributed by atoms with E-state index in [4.69, 9.17) is 5.21 Å². The topological polar surface area (TPSA) is 86.7 Å². The van der Waals surface area contributed by atoms with Crippen molar-refractivity contribution in [2.45, 2.75) is 24.9 Å². The number of hydroxylamine groups is 1. The van der Waals surface area contributed by atoms with Crippen LogP contribution in [0.2, 0.25) is 0 Å². The maximum atomic E-state index is 13.3. The number of amides is 1. The molecule has 0 saturated heterocycles. The molecule has 0 aromatic heterocycles. The highest BCUT2D eigenvalue weighted by molar-refractivity contribution is 7.89. The van der Waals surface area contributed by atoms with Gasteiger partial charge in [-0.1, -0.05) is 42.0 Å². The summed E-state index contributed by atoms with van der Waals surface area (Å²) in [6.07, 6.45) is 0. The van der Waals surface area contributed by atoms with Gasteiger partial charge in [-0.3, -0.25) is 10.0 Å². The van der Waals surface area contributed by atoms with Crippen LogP contribution in [-0.2, 0) is 23.1 Å². The monoisotopic (exact) mass is 428 g/mol. The zero-order valence-corrected chi connectivity index (χ0v) is 17.1. The third-order valence-electron chi connectivity index (χ3n) is 4.61. The first-order valence-electron chi connectivity index (χ1n) is 9.14. The molecular formula is C22H21FN2O4S. The maximum Gasteiger partial charge on any atom is 0.274 e. The van der Waals surface area contributed by atoms with E-state index in [1.165, 1.54) is 28.6 Å². The summed E-state index contributed by atoms with van der Waals surface area (Å²) in [5.74, 6) is -1.05. The smallest absolute Gasteiger partial charge is 0.274 e. The van der Waals surface area contributed by atoms with Crippen LogP contribution >= 0.6 is 0 Å². The molecule has 3 aromatic rings. The van der Waals surface area contributed by atoms with Gasteiger partial charge in [0.2, 0.25) is 10.0 Å². The number of nitrogens with zero attached hydrogens (tertiary/aromatic N) is 1. The number of hydrogen-bond acceptors (Lipinski definition) is 4.